The Hall–Kier alpha value is -1.31. The second-order valence-corrected chi connectivity index (χ2v) is 3.83. The monoisotopic (exact) mass is 188 g/mol. The highest BCUT2D eigenvalue weighted by atomic mass is 15.1. The van der Waals surface area contributed by atoms with Crippen molar-refractivity contribution in [1.29, 1.82) is 0 Å². The van der Waals surface area contributed by atoms with Crippen LogP contribution in [0.15, 0.2) is 29.3 Å². The third-order valence-electron chi connectivity index (χ3n) is 2.65. The lowest BCUT2D eigenvalue weighted by molar-refractivity contribution is 0.918. The van der Waals surface area contributed by atoms with Crippen molar-refractivity contribution in [2.45, 2.75) is 19.8 Å². The molecule has 2 heteroatoms. The Morgan fingerprint density at radius 1 is 1.43 bits per heavy atom. The molecule has 1 atom stereocenters. The maximum absolute atomic E-state index is 4.45. The second-order valence-electron chi connectivity index (χ2n) is 3.83. The molecule has 0 radical (unpaired) electrons. The Labute approximate surface area is 85.1 Å². The Kier molecular flexibility index (Phi) is 2.53. The first kappa shape index (κ1) is 9.25. The number of aliphatic imine (C=N–C) groups is 1. The van der Waals surface area contributed by atoms with Gasteiger partial charge in [0.25, 0.3) is 0 Å². The van der Waals surface area contributed by atoms with E-state index >= 15 is 0 Å². The van der Waals surface area contributed by atoms with Crippen LogP contribution in [0.4, 0.5) is 0 Å². The summed E-state index contributed by atoms with van der Waals surface area (Å²) in [5, 5.41) is 3.32. The first-order valence-electron chi connectivity index (χ1n) is 5.12. The third kappa shape index (κ3) is 1.79. The smallest absolute Gasteiger partial charge is 0.104 e. The third-order valence-corrected chi connectivity index (χ3v) is 2.65. The molecule has 0 saturated carbocycles. The summed E-state index contributed by atoms with van der Waals surface area (Å²) in [6.45, 7) is 6.24. The molecular weight excluding hydrogens is 172 g/mol. The van der Waals surface area contributed by atoms with Gasteiger partial charge in [-0.15, -0.1) is 0 Å². The Morgan fingerprint density at radius 2 is 2.29 bits per heavy atom. The predicted octanol–water partition coefficient (Wildman–Crippen LogP) is 2.10. The molecule has 0 spiro atoms. The van der Waals surface area contributed by atoms with E-state index in [1.165, 1.54) is 11.1 Å². The maximum atomic E-state index is 4.45. The normalized spacial score (nSPS) is 17.4. The highest BCUT2D eigenvalue weighted by molar-refractivity contribution is 5.89. The molecule has 1 aromatic rings. The minimum Gasteiger partial charge on any atom is -0.371 e. The molecule has 0 bridgehead atoms. The van der Waals surface area contributed by atoms with Crippen LogP contribution in [0.5, 0.6) is 0 Å². The molecule has 1 aliphatic rings. The van der Waals surface area contributed by atoms with Crippen LogP contribution < -0.4 is 5.32 Å². The number of rotatable bonds is 2. The van der Waals surface area contributed by atoms with Crippen molar-refractivity contribution in [3.05, 3.63) is 35.4 Å². The molecule has 1 aliphatic heterocycles. The van der Waals surface area contributed by atoms with E-state index in [4.69, 9.17) is 0 Å². The van der Waals surface area contributed by atoms with Crippen molar-refractivity contribution in [3.63, 3.8) is 0 Å². The minimum atomic E-state index is 0.400. The average Bonchev–Trinajstić information content (AvgIpc) is 2.69. The summed E-state index contributed by atoms with van der Waals surface area (Å²) < 4.78 is 0. The fourth-order valence-electron chi connectivity index (χ4n) is 1.80. The average molecular weight is 188 g/mol. The maximum Gasteiger partial charge on any atom is 0.104 e. The first-order valence-corrected chi connectivity index (χ1v) is 5.12. The van der Waals surface area contributed by atoms with Gasteiger partial charge < -0.3 is 5.32 Å². The standard InChI is InChI=1S/C12H16N2/c1-9-4-3-5-11(8-9)10(2)12-13-6-7-14-12/h3-5,8,10H,6-7H2,1-2H3,(H,13,14). The van der Waals surface area contributed by atoms with Gasteiger partial charge in [0, 0.05) is 12.5 Å². The first-order chi connectivity index (χ1) is 6.77. The van der Waals surface area contributed by atoms with Gasteiger partial charge in [-0.3, -0.25) is 4.99 Å². The molecule has 0 aliphatic carbocycles. The Bertz CT molecular complexity index is 355. The lowest BCUT2D eigenvalue weighted by Crippen LogP contribution is -2.23. The molecule has 0 aromatic heterocycles. The van der Waals surface area contributed by atoms with Gasteiger partial charge in [0.2, 0.25) is 0 Å². The zero-order valence-electron chi connectivity index (χ0n) is 8.75. The summed E-state index contributed by atoms with van der Waals surface area (Å²) in [4.78, 5) is 4.45. The summed E-state index contributed by atoms with van der Waals surface area (Å²) >= 11 is 0. The van der Waals surface area contributed by atoms with E-state index < -0.39 is 0 Å². The molecular formula is C12H16N2. The van der Waals surface area contributed by atoms with Crippen LogP contribution in [-0.2, 0) is 0 Å². The van der Waals surface area contributed by atoms with Gasteiger partial charge in [-0.05, 0) is 12.5 Å². The molecule has 2 nitrogen and oxygen atoms in total. The molecule has 1 unspecified atom stereocenters. The van der Waals surface area contributed by atoms with Gasteiger partial charge >= 0.3 is 0 Å². The molecule has 0 fully saturated rings. The molecule has 0 amide bonds. The van der Waals surface area contributed by atoms with Crippen LogP contribution in [0.1, 0.15) is 24.0 Å². The number of nitrogens with one attached hydrogen (secondary N) is 1. The van der Waals surface area contributed by atoms with Gasteiger partial charge in [0.05, 0.1) is 6.54 Å². The quantitative estimate of drug-likeness (QED) is 0.755. The fourth-order valence-corrected chi connectivity index (χ4v) is 1.80. The van der Waals surface area contributed by atoms with Crippen molar-refractivity contribution in [1.82, 2.24) is 5.32 Å². The van der Waals surface area contributed by atoms with Crippen LogP contribution in [0, 0.1) is 6.92 Å². The zero-order valence-corrected chi connectivity index (χ0v) is 8.75. The largest absolute Gasteiger partial charge is 0.371 e. The highest BCUT2D eigenvalue weighted by Gasteiger charge is 2.15. The van der Waals surface area contributed by atoms with Gasteiger partial charge in [-0.25, -0.2) is 0 Å². The topological polar surface area (TPSA) is 24.4 Å². The predicted molar refractivity (Wildman–Crippen MR) is 59.9 cm³/mol. The summed E-state index contributed by atoms with van der Waals surface area (Å²) in [6.07, 6.45) is 0. The highest BCUT2D eigenvalue weighted by Crippen LogP contribution is 2.18. The van der Waals surface area contributed by atoms with Crippen molar-refractivity contribution in [2.75, 3.05) is 13.1 Å². The van der Waals surface area contributed by atoms with Crippen LogP contribution >= 0.6 is 0 Å². The van der Waals surface area contributed by atoms with E-state index in [1.54, 1.807) is 0 Å². The van der Waals surface area contributed by atoms with Crippen LogP contribution in [0.2, 0.25) is 0 Å². The fraction of sp³-hybridized carbons (Fsp3) is 0.417. The molecule has 2 rings (SSSR count). The summed E-state index contributed by atoms with van der Waals surface area (Å²) in [5.41, 5.74) is 2.66. The molecule has 1 N–H and O–H groups in total. The lowest BCUT2D eigenvalue weighted by atomic mass is 9.98. The number of hydrogen-bond acceptors (Lipinski definition) is 2. The molecule has 0 saturated heterocycles. The van der Waals surface area contributed by atoms with Crippen molar-refractivity contribution >= 4 is 5.84 Å². The molecule has 1 heterocycles. The number of hydrogen-bond donors (Lipinski definition) is 1. The second kappa shape index (κ2) is 3.82. The van der Waals surface area contributed by atoms with E-state index in [1.807, 2.05) is 0 Å². The molecule has 1 aromatic carbocycles. The van der Waals surface area contributed by atoms with Crippen LogP contribution in [-0.4, -0.2) is 18.9 Å². The lowest BCUT2D eigenvalue weighted by Gasteiger charge is -2.12. The Morgan fingerprint density at radius 3 is 2.93 bits per heavy atom. The Balaban J connectivity index is 2.22. The van der Waals surface area contributed by atoms with E-state index in [9.17, 15) is 0 Å². The van der Waals surface area contributed by atoms with Gasteiger partial charge in [-0.1, -0.05) is 36.8 Å². The number of nitrogens with zero attached hydrogens (tertiary/aromatic N) is 1. The van der Waals surface area contributed by atoms with Crippen molar-refractivity contribution in [3.8, 4) is 0 Å². The summed E-state index contributed by atoms with van der Waals surface area (Å²) in [6, 6.07) is 8.63. The SMILES string of the molecule is Cc1cccc(C(C)C2=NCCN2)c1. The van der Waals surface area contributed by atoms with Gasteiger partial charge in [-0.2, -0.15) is 0 Å². The van der Waals surface area contributed by atoms with Crippen molar-refractivity contribution < 1.29 is 0 Å². The molecule has 14 heavy (non-hydrogen) atoms. The van der Waals surface area contributed by atoms with E-state index in [0.29, 0.717) is 5.92 Å². The minimum absolute atomic E-state index is 0.400. The zero-order chi connectivity index (χ0) is 9.97. The molecule has 74 valence electrons. The van der Waals surface area contributed by atoms with Crippen LogP contribution in [0.25, 0.3) is 0 Å². The van der Waals surface area contributed by atoms with Crippen molar-refractivity contribution in [2.24, 2.45) is 4.99 Å². The number of amidine groups is 1. The van der Waals surface area contributed by atoms with Crippen LogP contribution in [0.3, 0.4) is 0 Å². The van der Waals surface area contributed by atoms with E-state index in [0.717, 1.165) is 18.9 Å². The van der Waals surface area contributed by atoms with E-state index in [-0.39, 0.29) is 0 Å². The van der Waals surface area contributed by atoms with Gasteiger partial charge in [0.15, 0.2) is 0 Å². The van der Waals surface area contributed by atoms with E-state index in [2.05, 4.69) is 48.4 Å². The summed E-state index contributed by atoms with van der Waals surface area (Å²) in [7, 11) is 0. The number of benzene rings is 1. The number of aryl methyl sites for hydroxylation is 1. The van der Waals surface area contributed by atoms with Gasteiger partial charge in [0.1, 0.15) is 5.84 Å². The summed E-state index contributed by atoms with van der Waals surface area (Å²) in [5.74, 6) is 1.54.